The van der Waals surface area contributed by atoms with Crippen molar-refractivity contribution in [2.75, 3.05) is 17.1 Å². The zero-order valence-electron chi connectivity index (χ0n) is 18.7. The normalized spacial score (nSPS) is 12.3. The first-order chi connectivity index (χ1) is 14.5. The van der Waals surface area contributed by atoms with Crippen molar-refractivity contribution in [2.45, 2.75) is 46.3 Å². The molecule has 0 aliphatic heterocycles. The first-order valence-corrected chi connectivity index (χ1v) is 12.0. The zero-order chi connectivity index (χ0) is 23.2. The summed E-state index contributed by atoms with van der Waals surface area (Å²) in [5.41, 5.74) is 2.03. The molecule has 31 heavy (non-hydrogen) atoms. The minimum Gasteiger partial charge on any atom is -0.352 e. The maximum Gasteiger partial charge on any atom is 0.244 e. The van der Waals surface area contributed by atoms with Gasteiger partial charge in [-0.2, -0.15) is 0 Å². The molecule has 0 aliphatic carbocycles. The lowest BCUT2D eigenvalue weighted by Gasteiger charge is -2.32. The van der Waals surface area contributed by atoms with Crippen LogP contribution in [0.2, 0.25) is 0 Å². The van der Waals surface area contributed by atoms with Gasteiger partial charge in [-0.1, -0.05) is 48.5 Å². The van der Waals surface area contributed by atoms with Crippen molar-refractivity contribution in [1.82, 2.24) is 10.2 Å². The van der Waals surface area contributed by atoms with Gasteiger partial charge in [0.05, 0.1) is 11.9 Å². The first kappa shape index (κ1) is 24.4. The number of amides is 2. The molecule has 0 aromatic heterocycles. The number of carbonyl (C=O) groups is 2. The van der Waals surface area contributed by atoms with Crippen molar-refractivity contribution < 1.29 is 18.0 Å². The molecule has 7 nitrogen and oxygen atoms in total. The molecule has 0 unspecified atom stereocenters. The number of nitrogens with zero attached hydrogens (tertiary/aromatic N) is 2. The topological polar surface area (TPSA) is 86.8 Å². The van der Waals surface area contributed by atoms with E-state index in [-0.39, 0.29) is 18.5 Å². The molecule has 0 aliphatic rings. The van der Waals surface area contributed by atoms with Gasteiger partial charge in [0.2, 0.25) is 21.8 Å². The maximum absolute atomic E-state index is 13.4. The molecule has 1 N–H and O–H groups in total. The number of hydrogen-bond donors (Lipinski definition) is 1. The Morgan fingerprint density at radius 3 is 2.10 bits per heavy atom. The summed E-state index contributed by atoms with van der Waals surface area (Å²) >= 11 is 0. The van der Waals surface area contributed by atoms with E-state index in [0.29, 0.717) is 5.69 Å². The quantitative estimate of drug-likeness (QED) is 0.643. The SMILES string of the molecule is Cc1ccccc1N(CC(=O)N(Cc1ccccc1)[C@H](C)C(=O)NC(C)C)S(C)(=O)=O. The number of hydrogen-bond acceptors (Lipinski definition) is 4. The van der Waals surface area contributed by atoms with Crippen molar-refractivity contribution in [3.63, 3.8) is 0 Å². The maximum atomic E-state index is 13.4. The molecule has 1 atom stereocenters. The number of aryl methyl sites for hydroxylation is 1. The second-order valence-electron chi connectivity index (χ2n) is 7.90. The van der Waals surface area contributed by atoms with Crippen LogP contribution in [0.3, 0.4) is 0 Å². The van der Waals surface area contributed by atoms with E-state index in [4.69, 9.17) is 0 Å². The number of para-hydroxylation sites is 1. The Hall–Kier alpha value is -2.87. The molecule has 2 amide bonds. The molecule has 0 heterocycles. The van der Waals surface area contributed by atoms with E-state index in [2.05, 4.69) is 5.32 Å². The van der Waals surface area contributed by atoms with Gasteiger partial charge in [-0.05, 0) is 44.9 Å². The minimum atomic E-state index is -3.72. The van der Waals surface area contributed by atoms with Crippen LogP contribution in [-0.4, -0.2) is 50.0 Å². The lowest BCUT2D eigenvalue weighted by atomic mass is 10.1. The third-order valence-electron chi connectivity index (χ3n) is 4.86. The average Bonchev–Trinajstić information content (AvgIpc) is 2.69. The van der Waals surface area contributed by atoms with Gasteiger partial charge in [0.15, 0.2) is 0 Å². The summed E-state index contributed by atoms with van der Waals surface area (Å²) in [5, 5.41) is 2.82. The minimum absolute atomic E-state index is 0.0805. The Labute approximate surface area is 185 Å². The van der Waals surface area contributed by atoms with Gasteiger partial charge >= 0.3 is 0 Å². The molecule has 8 heteroatoms. The van der Waals surface area contributed by atoms with E-state index < -0.39 is 28.5 Å². The number of nitrogens with one attached hydrogen (secondary N) is 1. The van der Waals surface area contributed by atoms with Crippen LogP contribution in [0.5, 0.6) is 0 Å². The van der Waals surface area contributed by atoms with Crippen LogP contribution in [0.1, 0.15) is 31.9 Å². The van der Waals surface area contributed by atoms with E-state index in [1.807, 2.05) is 44.2 Å². The van der Waals surface area contributed by atoms with Crippen LogP contribution in [0, 0.1) is 6.92 Å². The van der Waals surface area contributed by atoms with Crippen LogP contribution >= 0.6 is 0 Å². The van der Waals surface area contributed by atoms with Crippen molar-refractivity contribution in [3.05, 3.63) is 65.7 Å². The van der Waals surface area contributed by atoms with E-state index in [1.165, 1.54) is 4.90 Å². The molecule has 168 valence electrons. The van der Waals surface area contributed by atoms with Gasteiger partial charge in [0.1, 0.15) is 12.6 Å². The largest absolute Gasteiger partial charge is 0.352 e. The molecule has 2 aromatic rings. The number of benzene rings is 2. The van der Waals surface area contributed by atoms with Crippen LogP contribution in [-0.2, 0) is 26.2 Å². The fourth-order valence-electron chi connectivity index (χ4n) is 3.21. The molecular formula is C23H31N3O4S. The summed E-state index contributed by atoms with van der Waals surface area (Å²) in [5.74, 6) is -0.745. The highest BCUT2D eigenvalue weighted by atomic mass is 32.2. The molecule has 0 bridgehead atoms. The highest BCUT2D eigenvalue weighted by molar-refractivity contribution is 7.92. The summed E-state index contributed by atoms with van der Waals surface area (Å²) in [7, 11) is -3.72. The van der Waals surface area contributed by atoms with Gasteiger partial charge < -0.3 is 10.2 Å². The zero-order valence-corrected chi connectivity index (χ0v) is 19.5. The fourth-order valence-corrected chi connectivity index (χ4v) is 4.11. The van der Waals surface area contributed by atoms with Crippen LogP contribution in [0.15, 0.2) is 54.6 Å². The third kappa shape index (κ3) is 6.82. The Kier molecular flexibility index (Phi) is 8.21. The van der Waals surface area contributed by atoms with Crippen LogP contribution < -0.4 is 9.62 Å². The van der Waals surface area contributed by atoms with Gasteiger partial charge in [-0.25, -0.2) is 8.42 Å². The van der Waals surface area contributed by atoms with Crippen molar-refractivity contribution >= 4 is 27.5 Å². The summed E-state index contributed by atoms with van der Waals surface area (Å²) in [6.45, 7) is 6.93. The van der Waals surface area contributed by atoms with Crippen molar-refractivity contribution in [2.24, 2.45) is 0 Å². The molecule has 0 spiro atoms. The highest BCUT2D eigenvalue weighted by Gasteiger charge is 2.30. The first-order valence-electron chi connectivity index (χ1n) is 10.2. The highest BCUT2D eigenvalue weighted by Crippen LogP contribution is 2.22. The van der Waals surface area contributed by atoms with Crippen LogP contribution in [0.25, 0.3) is 0 Å². The van der Waals surface area contributed by atoms with E-state index in [1.54, 1.807) is 38.1 Å². The predicted octanol–water partition coefficient (Wildman–Crippen LogP) is 2.70. The average molecular weight is 446 g/mol. The Morgan fingerprint density at radius 2 is 1.55 bits per heavy atom. The van der Waals surface area contributed by atoms with Crippen LogP contribution in [0.4, 0.5) is 5.69 Å². The fraction of sp³-hybridized carbons (Fsp3) is 0.391. The summed E-state index contributed by atoms with van der Waals surface area (Å²) in [6.07, 6.45) is 1.07. The molecule has 0 fully saturated rings. The third-order valence-corrected chi connectivity index (χ3v) is 5.98. The molecular weight excluding hydrogens is 414 g/mol. The van der Waals surface area contributed by atoms with E-state index >= 15 is 0 Å². The van der Waals surface area contributed by atoms with E-state index in [9.17, 15) is 18.0 Å². The number of carbonyl (C=O) groups excluding carboxylic acids is 2. The second-order valence-corrected chi connectivity index (χ2v) is 9.81. The number of sulfonamides is 1. The smallest absolute Gasteiger partial charge is 0.244 e. The second kappa shape index (κ2) is 10.4. The summed E-state index contributed by atoms with van der Waals surface area (Å²) in [4.78, 5) is 27.4. The van der Waals surface area contributed by atoms with E-state index in [0.717, 1.165) is 21.7 Å². The van der Waals surface area contributed by atoms with Gasteiger partial charge in [0.25, 0.3) is 0 Å². The van der Waals surface area contributed by atoms with Gasteiger partial charge in [-0.15, -0.1) is 0 Å². The summed E-state index contributed by atoms with van der Waals surface area (Å²) < 4.78 is 26.1. The molecule has 0 radical (unpaired) electrons. The van der Waals surface area contributed by atoms with Gasteiger partial charge in [0, 0.05) is 12.6 Å². The molecule has 0 saturated heterocycles. The lowest BCUT2D eigenvalue weighted by molar-refractivity contribution is -0.139. The predicted molar refractivity (Wildman–Crippen MR) is 123 cm³/mol. The molecule has 2 aromatic carbocycles. The number of anilines is 1. The lowest BCUT2D eigenvalue weighted by Crippen LogP contribution is -2.52. The molecule has 2 rings (SSSR count). The van der Waals surface area contributed by atoms with Crippen molar-refractivity contribution in [1.29, 1.82) is 0 Å². The number of rotatable bonds is 9. The molecule has 0 saturated carbocycles. The Bertz CT molecular complexity index is 1010. The standard InChI is InChI=1S/C23H31N3O4S/c1-17(2)24-23(28)19(4)25(15-20-12-7-6-8-13-20)22(27)16-26(31(5,29)30)21-14-10-9-11-18(21)3/h6-14,17,19H,15-16H2,1-5H3,(H,24,28)/t19-/m1/s1. The summed E-state index contributed by atoms with van der Waals surface area (Å²) in [6, 6.07) is 15.4. The van der Waals surface area contributed by atoms with Crippen molar-refractivity contribution in [3.8, 4) is 0 Å². The monoisotopic (exact) mass is 445 g/mol. The Balaban J connectivity index is 2.38. The van der Waals surface area contributed by atoms with Gasteiger partial charge in [-0.3, -0.25) is 13.9 Å². The Morgan fingerprint density at radius 1 is 0.968 bits per heavy atom.